The number of hydrogen-bond donors (Lipinski definition) is 2. The van der Waals surface area contributed by atoms with Crippen LogP contribution in [0, 0.1) is 0 Å². The molecule has 0 fully saturated rings. The minimum Gasteiger partial charge on any atom is -0.508 e. The quantitative estimate of drug-likeness (QED) is 0.101. The van der Waals surface area contributed by atoms with Crippen molar-refractivity contribution in [2.45, 2.75) is 41.9 Å². The highest BCUT2D eigenvalue weighted by atomic mass is 32.2. The number of para-hydroxylation sites is 2. The summed E-state index contributed by atoms with van der Waals surface area (Å²) >= 11 is 3.75. The van der Waals surface area contributed by atoms with Crippen molar-refractivity contribution >= 4 is 67.1 Å². The molecule has 0 amide bonds. The lowest BCUT2D eigenvalue weighted by atomic mass is 10.1. The number of rotatable bonds is 10. The number of nitrogens with zero attached hydrogens (tertiary/aromatic N) is 2. The fourth-order valence-electron chi connectivity index (χ4n) is 5.08. The molecule has 0 unspecified atom stereocenters. The van der Waals surface area contributed by atoms with E-state index in [4.69, 9.17) is 9.97 Å². The number of thioether (sulfide) groups is 2. The van der Waals surface area contributed by atoms with Gasteiger partial charge in [0.2, 0.25) is 0 Å². The Morgan fingerprint density at radius 2 is 0.872 bits per heavy atom. The van der Waals surface area contributed by atoms with Gasteiger partial charge in [0.15, 0.2) is 0 Å². The van der Waals surface area contributed by atoms with Gasteiger partial charge in [-0.25, -0.2) is 9.97 Å². The summed E-state index contributed by atoms with van der Waals surface area (Å²) in [6.07, 6.45) is 5.96. The van der Waals surface area contributed by atoms with Crippen LogP contribution in [0.25, 0.3) is 43.6 Å². The van der Waals surface area contributed by atoms with Gasteiger partial charge in [0.25, 0.3) is 0 Å². The normalized spacial score (nSPS) is 11.7. The van der Waals surface area contributed by atoms with E-state index in [0.29, 0.717) is 0 Å². The van der Waals surface area contributed by atoms with E-state index in [2.05, 4.69) is 36.4 Å². The summed E-state index contributed by atoms with van der Waals surface area (Å²) in [5.41, 5.74) is 3.86. The van der Waals surface area contributed by atoms with Crippen LogP contribution in [0.3, 0.4) is 0 Å². The van der Waals surface area contributed by atoms with Crippen molar-refractivity contribution in [1.82, 2.24) is 9.97 Å². The van der Waals surface area contributed by atoms with Gasteiger partial charge in [0.05, 0.1) is 22.1 Å². The van der Waals surface area contributed by atoms with Crippen LogP contribution in [0.1, 0.15) is 32.1 Å². The van der Waals surface area contributed by atoms with Crippen LogP contribution in [-0.2, 0) is 0 Å². The van der Waals surface area contributed by atoms with Gasteiger partial charge >= 0.3 is 0 Å². The minimum atomic E-state index is 0.281. The molecule has 6 heteroatoms. The number of aromatic hydroxyl groups is 2. The van der Waals surface area contributed by atoms with Gasteiger partial charge in [0, 0.05) is 31.3 Å². The van der Waals surface area contributed by atoms with Crippen molar-refractivity contribution in [2.75, 3.05) is 11.5 Å². The first-order chi connectivity index (χ1) is 19.2. The molecule has 0 radical (unpaired) electrons. The number of fused-ring (bicyclic) bond motifs is 4. The Hall–Kier alpha value is -3.48. The SMILES string of the molecule is Oc1ccc2nc3ccccc3c(SCCCCCCCSc3c4ccccc4nc4ccc(O)cc34)c2c1. The van der Waals surface area contributed by atoms with E-state index >= 15 is 0 Å². The maximum absolute atomic E-state index is 10.1. The summed E-state index contributed by atoms with van der Waals surface area (Å²) in [7, 11) is 0. The average molecular weight is 551 g/mol. The third-order valence-electron chi connectivity index (χ3n) is 7.01. The molecule has 0 atom stereocenters. The van der Waals surface area contributed by atoms with Crippen molar-refractivity contribution in [1.29, 1.82) is 0 Å². The zero-order chi connectivity index (χ0) is 26.6. The molecule has 0 spiro atoms. The van der Waals surface area contributed by atoms with E-state index in [1.807, 2.05) is 59.9 Å². The van der Waals surface area contributed by atoms with Crippen LogP contribution in [-0.4, -0.2) is 31.7 Å². The monoisotopic (exact) mass is 550 g/mol. The summed E-state index contributed by atoms with van der Waals surface area (Å²) in [5, 5.41) is 24.5. The van der Waals surface area contributed by atoms with Gasteiger partial charge in [0.1, 0.15) is 11.5 Å². The molecule has 196 valence electrons. The van der Waals surface area contributed by atoms with E-state index < -0.39 is 0 Å². The number of hydrogen-bond acceptors (Lipinski definition) is 6. The molecule has 39 heavy (non-hydrogen) atoms. The summed E-state index contributed by atoms with van der Waals surface area (Å²) in [6.45, 7) is 0. The Labute approximate surface area is 236 Å². The Kier molecular flexibility index (Phi) is 7.75. The second kappa shape index (κ2) is 11.7. The lowest BCUT2D eigenvalue weighted by Gasteiger charge is -2.11. The van der Waals surface area contributed by atoms with E-state index in [1.165, 1.54) is 29.1 Å². The molecule has 0 aliphatic rings. The second-order valence-corrected chi connectivity index (χ2v) is 12.0. The Balaban J connectivity index is 1.02. The van der Waals surface area contributed by atoms with Crippen LogP contribution < -0.4 is 0 Å². The van der Waals surface area contributed by atoms with Crippen LogP contribution in [0.15, 0.2) is 94.7 Å². The number of pyridine rings is 2. The third-order valence-corrected chi connectivity index (χ3v) is 9.45. The lowest BCUT2D eigenvalue weighted by Crippen LogP contribution is -1.90. The smallest absolute Gasteiger partial charge is 0.116 e. The number of aromatic nitrogens is 2. The third kappa shape index (κ3) is 5.63. The first-order valence-electron chi connectivity index (χ1n) is 13.5. The minimum absolute atomic E-state index is 0.281. The zero-order valence-electron chi connectivity index (χ0n) is 21.6. The molecule has 0 saturated carbocycles. The molecule has 2 aromatic heterocycles. The Morgan fingerprint density at radius 3 is 1.36 bits per heavy atom. The maximum atomic E-state index is 10.1. The highest BCUT2D eigenvalue weighted by Gasteiger charge is 2.12. The van der Waals surface area contributed by atoms with Crippen LogP contribution in [0.2, 0.25) is 0 Å². The van der Waals surface area contributed by atoms with Crippen molar-refractivity contribution in [3.8, 4) is 11.5 Å². The van der Waals surface area contributed by atoms with Gasteiger partial charge in [-0.15, -0.1) is 23.5 Å². The summed E-state index contributed by atoms with van der Waals surface area (Å²) in [6, 6.07) is 27.4. The largest absolute Gasteiger partial charge is 0.508 e. The molecule has 6 rings (SSSR count). The average Bonchev–Trinajstić information content (AvgIpc) is 2.95. The van der Waals surface area contributed by atoms with Crippen LogP contribution in [0.4, 0.5) is 0 Å². The molecule has 2 heterocycles. The Bertz CT molecular complexity index is 1660. The van der Waals surface area contributed by atoms with Gasteiger partial charge in [-0.3, -0.25) is 0 Å². The Morgan fingerprint density at radius 1 is 0.462 bits per heavy atom. The fourth-order valence-corrected chi connectivity index (χ4v) is 7.48. The van der Waals surface area contributed by atoms with E-state index in [0.717, 1.165) is 68.0 Å². The van der Waals surface area contributed by atoms with Gasteiger partial charge in [-0.1, -0.05) is 55.7 Å². The summed E-state index contributed by atoms with van der Waals surface area (Å²) in [5.74, 6) is 2.66. The molecule has 4 aromatic carbocycles. The molecule has 0 aliphatic carbocycles. The molecule has 0 aliphatic heterocycles. The topological polar surface area (TPSA) is 66.2 Å². The van der Waals surface area contributed by atoms with Gasteiger partial charge < -0.3 is 10.2 Å². The summed E-state index contributed by atoms with van der Waals surface area (Å²) in [4.78, 5) is 12.0. The predicted octanol–water partition coefficient (Wildman–Crippen LogP) is 9.34. The molecule has 0 saturated heterocycles. The van der Waals surface area contributed by atoms with Crippen LogP contribution in [0.5, 0.6) is 11.5 Å². The molecule has 2 N–H and O–H groups in total. The van der Waals surface area contributed by atoms with Crippen LogP contribution >= 0.6 is 23.5 Å². The predicted molar refractivity (Wildman–Crippen MR) is 166 cm³/mol. The number of benzene rings is 4. The lowest BCUT2D eigenvalue weighted by molar-refractivity contribution is 0.475. The van der Waals surface area contributed by atoms with Crippen molar-refractivity contribution in [3.05, 3.63) is 84.9 Å². The van der Waals surface area contributed by atoms with Crippen molar-refractivity contribution in [3.63, 3.8) is 0 Å². The number of unbranched alkanes of at least 4 members (excludes halogenated alkanes) is 4. The zero-order valence-corrected chi connectivity index (χ0v) is 23.3. The van der Waals surface area contributed by atoms with E-state index in [9.17, 15) is 10.2 Å². The molecule has 6 aromatic rings. The van der Waals surface area contributed by atoms with Crippen molar-refractivity contribution in [2.24, 2.45) is 0 Å². The number of phenols is 2. The standard InChI is InChI=1S/C33H30N2O2S2/c36-22-14-16-30-26(20-22)32(24-10-4-6-12-28(24)34-30)38-18-8-2-1-3-9-19-39-33-25-11-5-7-13-29(25)35-31-17-15-23(37)21-27(31)33/h4-7,10-17,20-21,36-37H,1-3,8-9,18-19H2. The summed E-state index contributed by atoms with van der Waals surface area (Å²) < 4.78 is 0. The van der Waals surface area contributed by atoms with Gasteiger partial charge in [-0.2, -0.15) is 0 Å². The molecular weight excluding hydrogens is 521 g/mol. The fraction of sp³-hybridized carbons (Fsp3) is 0.212. The molecule has 0 bridgehead atoms. The first-order valence-corrected chi connectivity index (χ1v) is 15.4. The number of phenolic OH excluding ortho intramolecular Hbond substituents is 2. The highest BCUT2D eigenvalue weighted by Crippen LogP contribution is 2.37. The van der Waals surface area contributed by atoms with E-state index in [-0.39, 0.29) is 11.5 Å². The van der Waals surface area contributed by atoms with E-state index in [1.54, 1.807) is 12.1 Å². The molecular formula is C33H30N2O2S2. The van der Waals surface area contributed by atoms with Gasteiger partial charge in [-0.05, 0) is 72.9 Å². The molecule has 4 nitrogen and oxygen atoms in total. The maximum Gasteiger partial charge on any atom is 0.116 e. The highest BCUT2D eigenvalue weighted by molar-refractivity contribution is 8.00. The first kappa shape index (κ1) is 25.8. The second-order valence-electron chi connectivity index (χ2n) is 9.78. The van der Waals surface area contributed by atoms with Crippen molar-refractivity contribution < 1.29 is 10.2 Å².